The zero-order valence-electron chi connectivity index (χ0n) is 12.5. The first-order valence-corrected chi connectivity index (χ1v) is 7.78. The Balaban J connectivity index is 1.71. The Hall–Kier alpha value is -1.68. The standard InChI is InChI=1S/C17H22N2O2/c1-12-7-9-13(10-8-12)11-16-18-17(21-19-16)14-5-3-2-4-6-15(14)20/h7-10,14-15,20H,2-6,11H2,1H3. The fourth-order valence-electron chi connectivity index (χ4n) is 2.95. The molecule has 0 aliphatic heterocycles. The molecule has 2 aromatic rings. The molecule has 2 atom stereocenters. The molecule has 1 saturated carbocycles. The second-order valence-electron chi connectivity index (χ2n) is 6.02. The van der Waals surface area contributed by atoms with Gasteiger partial charge in [-0.25, -0.2) is 0 Å². The lowest BCUT2D eigenvalue weighted by molar-refractivity contribution is 0.119. The minimum Gasteiger partial charge on any atom is -0.392 e. The Morgan fingerprint density at radius 3 is 2.71 bits per heavy atom. The molecular weight excluding hydrogens is 264 g/mol. The van der Waals surface area contributed by atoms with Gasteiger partial charge < -0.3 is 9.63 Å². The van der Waals surface area contributed by atoms with Crippen LogP contribution in [0, 0.1) is 6.92 Å². The summed E-state index contributed by atoms with van der Waals surface area (Å²) in [6, 6.07) is 8.36. The van der Waals surface area contributed by atoms with E-state index < -0.39 is 0 Å². The summed E-state index contributed by atoms with van der Waals surface area (Å²) in [7, 11) is 0. The molecule has 2 unspecified atom stereocenters. The molecule has 1 fully saturated rings. The molecule has 0 bridgehead atoms. The number of aryl methyl sites for hydroxylation is 1. The second-order valence-corrected chi connectivity index (χ2v) is 6.02. The quantitative estimate of drug-likeness (QED) is 0.879. The summed E-state index contributed by atoms with van der Waals surface area (Å²) in [5.74, 6) is 1.31. The van der Waals surface area contributed by atoms with Gasteiger partial charge in [0.05, 0.1) is 12.0 Å². The van der Waals surface area contributed by atoms with Gasteiger partial charge in [0.25, 0.3) is 0 Å². The molecule has 4 nitrogen and oxygen atoms in total. The van der Waals surface area contributed by atoms with E-state index in [4.69, 9.17) is 4.52 Å². The van der Waals surface area contributed by atoms with Crippen molar-refractivity contribution >= 4 is 0 Å². The maximum absolute atomic E-state index is 10.2. The molecule has 0 radical (unpaired) electrons. The molecule has 4 heteroatoms. The van der Waals surface area contributed by atoms with Gasteiger partial charge in [-0.15, -0.1) is 0 Å². The molecule has 1 aliphatic rings. The summed E-state index contributed by atoms with van der Waals surface area (Å²) in [6.45, 7) is 2.07. The number of aliphatic hydroxyl groups excluding tert-OH is 1. The summed E-state index contributed by atoms with van der Waals surface area (Å²) in [6.07, 6.45) is 5.48. The molecule has 1 aliphatic carbocycles. The largest absolute Gasteiger partial charge is 0.392 e. The zero-order valence-corrected chi connectivity index (χ0v) is 12.5. The molecule has 0 spiro atoms. The normalized spacial score (nSPS) is 23.0. The Labute approximate surface area is 125 Å². The van der Waals surface area contributed by atoms with Gasteiger partial charge in [-0.05, 0) is 25.3 Å². The fraction of sp³-hybridized carbons (Fsp3) is 0.529. The molecule has 1 heterocycles. The first kappa shape index (κ1) is 14.3. The maximum Gasteiger partial charge on any atom is 0.232 e. The molecular formula is C17H22N2O2. The van der Waals surface area contributed by atoms with Crippen molar-refractivity contribution in [3.8, 4) is 0 Å². The van der Waals surface area contributed by atoms with Crippen LogP contribution in [0.25, 0.3) is 0 Å². The van der Waals surface area contributed by atoms with E-state index in [-0.39, 0.29) is 12.0 Å². The summed E-state index contributed by atoms with van der Waals surface area (Å²) >= 11 is 0. The monoisotopic (exact) mass is 286 g/mol. The number of rotatable bonds is 3. The van der Waals surface area contributed by atoms with Crippen LogP contribution < -0.4 is 0 Å². The second kappa shape index (κ2) is 6.39. The van der Waals surface area contributed by atoms with Crippen molar-refractivity contribution in [3.05, 3.63) is 47.1 Å². The number of hydrogen-bond acceptors (Lipinski definition) is 4. The Kier molecular flexibility index (Phi) is 4.34. The van der Waals surface area contributed by atoms with E-state index in [1.807, 2.05) is 0 Å². The predicted octanol–water partition coefficient (Wildman–Crippen LogP) is 3.38. The first-order valence-electron chi connectivity index (χ1n) is 7.78. The third-order valence-corrected chi connectivity index (χ3v) is 4.26. The van der Waals surface area contributed by atoms with Crippen molar-refractivity contribution < 1.29 is 9.63 Å². The van der Waals surface area contributed by atoms with Gasteiger partial charge in [0, 0.05) is 6.42 Å². The summed E-state index contributed by atoms with van der Waals surface area (Å²) in [5, 5.41) is 14.3. The van der Waals surface area contributed by atoms with Crippen LogP contribution in [0.15, 0.2) is 28.8 Å². The highest BCUT2D eigenvalue weighted by molar-refractivity contribution is 5.23. The van der Waals surface area contributed by atoms with E-state index in [2.05, 4.69) is 41.3 Å². The molecule has 0 saturated heterocycles. The molecule has 0 amide bonds. The van der Waals surface area contributed by atoms with Crippen LogP contribution in [-0.4, -0.2) is 21.4 Å². The van der Waals surface area contributed by atoms with E-state index >= 15 is 0 Å². The van der Waals surface area contributed by atoms with E-state index in [1.54, 1.807) is 0 Å². The summed E-state index contributed by atoms with van der Waals surface area (Å²) in [5.41, 5.74) is 2.42. The minimum absolute atomic E-state index is 0.00627. The third-order valence-electron chi connectivity index (χ3n) is 4.26. The average Bonchev–Trinajstić information content (AvgIpc) is 2.82. The molecule has 1 aromatic heterocycles. The number of nitrogens with zero attached hydrogens (tertiary/aromatic N) is 2. The van der Waals surface area contributed by atoms with Crippen LogP contribution in [0.4, 0.5) is 0 Å². The number of aromatic nitrogens is 2. The maximum atomic E-state index is 10.2. The van der Waals surface area contributed by atoms with Gasteiger partial charge in [0.2, 0.25) is 5.89 Å². The van der Waals surface area contributed by atoms with Gasteiger partial charge in [0.1, 0.15) is 0 Å². The smallest absolute Gasteiger partial charge is 0.232 e. The Morgan fingerprint density at radius 1 is 1.14 bits per heavy atom. The van der Waals surface area contributed by atoms with Crippen molar-refractivity contribution in [2.75, 3.05) is 0 Å². The van der Waals surface area contributed by atoms with Gasteiger partial charge in [-0.2, -0.15) is 4.98 Å². The van der Waals surface area contributed by atoms with Gasteiger partial charge in [0.15, 0.2) is 5.82 Å². The van der Waals surface area contributed by atoms with Crippen LogP contribution >= 0.6 is 0 Å². The van der Waals surface area contributed by atoms with Gasteiger partial charge in [-0.1, -0.05) is 54.2 Å². The van der Waals surface area contributed by atoms with E-state index in [0.29, 0.717) is 18.1 Å². The minimum atomic E-state index is -0.347. The number of hydrogen-bond donors (Lipinski definition) is 1. The van der Waals surface area contributed by atoms with Crippen molar-refractivity contribution in [1.29, 1.82) is 0 Å². The SMILES string of the molecule is Cc1ccc(Cc2noc(C3CCCCCC3O)n2)cc1. The lowest BCUT2D eigenvalue weighted by Crippen LogP contribution is -2.17. The van der Waals surface area contributed by atoms with Crippen LogP contribution in [-0.2, 0) is 6.42 Å². The van der Waals surface area contributed by atoms with Crippen LogP contribution in [0.5, 0.6) is 0 Å². The first-order chi connectivity index (χ1) is 10.2. The van der Waals surface area contributed by atoms with Crippen molar-refractivity contribution in [3.63, 3.8) is 0 Å². The fourth-order valence-corrected chi connectivity index (χ4v) is 2.95. The number of aliphatic hydroxyl groups is 1. The van der Waals surface area contributed by atoms with Crippen LogP contribution in [0.2, 0.25) is 0 Å². The molecule has 112 valence electrons. The lowest BCUT2D eigenvalue weighted by Gasteiger charge is -2.15. The van der Waals surface area contributed by atoms with Crippen molar-refractivity contribution in [2.45, 2.75) is 57.5 Å². The third kappa shape index (κ3) is 3.50. The average molecular weight is 286 g/mol. The number of benzene rings is 1. The predicted molar refractivity (Wildman–Crippen MR) is 80.1 cm³/mol. The van der Waals surface area contributed by atoms with Crippen LogP contribution in [0.1, 0.15) is 60.9 Å². The highest BCUT2D eigenvalue weighted by atomic mass is 16.5. The molecule has 1 aromatic carbocycles. The summed E-state index contributed by atoms with van der Waals surface area (Å²) < 4.78 is 5.40. The van der Waals surface area contributed by atoms with Gasteiger partial charge >= 0.3 is 0 Å². The highest BCUT2D eigenvalue weighted by Gasteiger charge is 2.28. The van der Waals surface area contributed by atoms with Crippen LogP contribution in [0.3, 0.4) is 0 Å². The van der Waals surface area contributed by atoms with Crippen molar-refractivity contribution in [1.82, 2.24) is 10.1 Å². The molecule has 1 N–H and O–H groups in total. The molecule has 3 rings (SSSR count). The van der Waals surface area contributed by atoms with E-state index in [1.165, 1.54) is 17.5 Å². The van der Waals surface area contributed by atoms with E-state index in [0.717, 1.165) is 25.7 Å². The van der Waals surface area contributed by atoms with E-state index in [9.17, 15) is 5.11 Å². The zero-order chi connectivity index (χ0) is 14.7. The Bertz CT molecular complexity index is 577. The van der Waals surface area contributed by atoms with Crippen molar-refractivity contribution in [2.24, 2.45) is 0 Å². The van der Waals surface area contributed by atoms with Gasteiger partial charge in [-0.3, -0.25) is 0 Å². The molecule has 21 heavy (non-hydrogen) atoms. The Morgan fingerprint density at radius 2 is 1.90 bits per heavy atom. The lowest BCUT2D eigenvalue weighted by atomic mass is 9.97. The highest BCUT2D eigenvalue weighted by Crippen LogP contribution is 2.31. The summed E-state index contributed by atoms with van der Waals surface area (Å²) in [4.78, 5) is 4.51. The topological polar surface area (TPSA) is 59.2 Å².